The van der Waals surface area contributed by atoms with Crippen LogP contribution in [0.4, 0.5) is 0 Å². The Kier molecular flexibility index (Phi) is 5.07. The summed E-state index contributed by atoms with van der Waals surface area (Å²) in [5.41, 5.74) is 2.55. The fraction of sp³-hybridized carbons (Fsp3) is 0.0909. The van der Waals surface area contributed by atoms with Gasteiger partial charge in [-0.05, 0) is 73.5 Å². The maximum atomic E-state index is 6.11. The summed E-state index contributed by atoms with van der Waals surface area (Å²) in [6.45, 7) is 3.83. The Hall–Kier alpha value is -2.82. The van der Waals surface area contributed by atoms with E-state index in [1.54, 1.807) is 24.3 Å². The number of fused-ring (bicyclic) bond motifs is 1. The van der Waals surface area contributed by atoms with Gasteiger partial charge in [-0.25, -0.2) is 0 Å². The molecule has 0 bridgehead atoms. The number of ether oxygens (including phenoxy) is 2. The molecule has 28 heavy (non-hydrogen) atoms. The van der Waals surface area contributed by atoms with Crippen LogP contribution in [-0.4, -0.2) is 9.97 Å². The van der Waals surface area contributed by atoms with E-state index >= 15 is 0 Å². The summed E-state index contributed by atoms with van der Waals surface area (Å²) in [6, 6.07) is 18.7. The molecule has 0 saturated heterocycles. The Labute approximate surface area is 172 Å². The molecule has 0 spiro atoms. The Morgan fingerprint density at radius 3 is 1.96 bits per heavy atom. The van der Waals surface area contributed by atoms with E-state index in [1.807, 2.05) is 50.2 Å². The highest BCUT2D eigenvalue weighted by Crippen LogP contribution is 2.32. The predicted molar refractivity (Wildman–Crippen MR) is 112 cm³/mol. The third kappa shape index (κ3) is 3.88. The molecule has 0 N–H and O–H groups in total. The Bertz CT molecular complexity index is 1180. The number of hydrogen-bond acceptors (Lipinski definition) is 4. The van der Waals surface area contributed by atoms with Crippen molar-refractivity contribution in [2.45, 2.75) is 13.8 Å². The highest BCUT2D eigenvalue weighted by atomic mass is 35.5. The van der Waals surface area contributed by atoms with Gasteiger partial charge in [-0.15, -0.1) is 0 Å². The molecule has 0 amide bonds. The van der Waals surface area contributed by atoms with Gasteiger partial charge in [0.25, 0.3) is 0 Å². The van der Waals surface area contributed by atoms with Crippen LogP contribution in [0, 0.1) is 13.8 Å². The van der Waals surface area contributed by atoms with Crippen molar-refractivity contribution in [3.63, 3.8) is 0 Å². The van der Waals surface area contributed by atoms with Crippen molar-refractivity contribution in [2.24, 2.45) is 0 Å². The Balaban J connectivity index is 1.74. The van der Waals surface area contributed by atoms with Crippen molar-refractivity contribution in [1.82, 2.24) is 9.97 Å². The Morgan fingerprint density at radius 1 is 0.714 bits per heavy atom. The molecule has 0 radical (unpaired) electrons. The fourth-order valence-corrected chi connectivity index (χ4v) is 2.96. The first-order valence-electron chi connectivity index (χ1n) is 8.64. The molecule has 0 unspecified atom stereocenters. The number of nitrogens with zero attached hydrogens (tertiary/aromatic N) is 2. The summed E-state index contributed by atoms with van der Waals surface area (Å²) in [5, 5.41) is 2.14. The van der Waals surface area contributed by atoms with E-state index in [0.717, 1.165) is 22.0 Å². The van der Waals surface area contributed by atoms with Crippen molar-refractivity contribution in [3.05, 3.63) is 81.8 Å². The molecule has 1 aromatic heterocycles. The zero-order valence-corrected chi connectivity index (χ0v) is 16.8. The van der Waals surface area contributed by atoms with Gasteiger partial charge in [0, 0.05) is 10.0 Å². The van der Waals surface area contributed by atoms with Crippen molar-refractivity contribution in [2.75, 3.05) is 0 Å². The van der Waals surface area contributed by atoms with E-state index in [0.29, 0.717) is 27.4 Å². The number of benzene rings is 3. The predicted octanol–water partition coefficient (Wildman–Crippen LogP) is 7.14. The zero-order chi connectivity index (χ0) is 19.7. The van der Waals surface area contributed by atoms with Gasteiger partial charge in [0.15, 0.2) is 0 Å². The minimum Gasteiger partial charge on any atom is -0.438 e. The molecule has 140 valence electrons. The quantitative estimate of drug-likeness (QED) is 0.358. The van der Waals surface area contributed by atoms with Crippen LogP contribution >= 0.6 is 23.2 Å². The van der Waals surface area contributed by atoms with Gasteiger partial charge in [-0.3, -0.25) is 0 Å². The lowest BCUT2D eigenvalue weighted by Crippen LogP contribution is -1.97. The maximum Gasteiger partial charge on any atom is 0.325 e. The van der Waals surface area contributed by atoms with Gasteiger partial charge < -0.3 is 9.47 Å². The van der Waals surface area contributed by atoms with Crippen LogP contribution in [0.2, 0.25) is 10.0 Å². The van der Waals surface area contributed by atoms with Gasteiger partial charge in [0.2, 0.25) is 5.88 Å². The third-order valence-corrected chi connectivity index (χ3v) is 5.08. The summed E-state index contributed by atoms with van der Waals surface area (Å²) in [7, 11) is 0. The molecule has 0 aliphatic carbocycles. The van der Waals surface area contributed by atoms with Gasteiger partial charge >= 0.3 is 6.01 Å². The standard InChI is InChI=1S/C22H16Cl2N2O2/c1-13-11-15(7-9-18(13)23)27-21-17-5-3-4-6-20(17)25-22(26-21)28-16-8-10-19(24)14(2)12-16/h3-12H,1-2H3. The molecular weight excluding hydrogens is 395 g/mol. The number of halogens is 2. The summed E-state index contributed by atoms with van der Waals surface area (Å²) in [4.78, 5) is 8.96. The molecule has 6 heteroatoms. The van der Waals surface area contributed by atoms with Crippen LogP contribution in [0.3, 0.4) is 0 Å². The van der Waals surface area contributed by atoms with Crippen LogP contribution in [0.5, 0.6) is 23.4 Å². The van der Waals surface area contributed by atoms with Gasteiger partial charge in [0.1, 0.15) is 11.5 Å². The number of para-hydroxylation sites is 1. The summed E-state index contributed by atoms with van der Waals surface area (Å²) in [6.07, 6.45) is 0. The maximum absolute atomic E-state index is 6.11. The number of aryl methyl sites for hydroxylation is 2. The zero-order valence-electron chi connectivity index (χ0n) is 15.2. The molecule has 0 aliphatic rings. The fourth-order valence-electron chi connectivity index (χ4n) is 2.73. The van der Waals surface area contributed by atoms with Crippen LogP contribution in [-0.2, 0) is 0 Å². The lowest BCUT2D eigenvalue weighted by Gasteiger charge is -2.11. The molecule has 4 aromatic rings. The molecule has 0 atom stereocenters. The molecule has 0 aliphatic heterocycles. The summed E-state index contributed by atoms with van der Waals surface area (Å²) in [5.74, 6) is 1.65. The lowest BCUT2D eigenvalue weighted by molar-refractivity contribution is 0.417. The SMILES string of the molecule is Cc1cc(Oc2nc(Oc3ccc(Cl)c(C)c3)c3ccccc3n2)ccc1Cl. The van der Waals surface area contributed by atoms with Crippen molar-refractivity contribution in [3.8, 4) is 23.4 Å². The number of aromatic nitrogens is 2. The molecule has 0 fully saturated rings. The number of rotatable bonds is 4. The van der Waals surface area contributed by atoms with Crippen molar-refractivity contribution >= 4 is 34.1 Å². The second-order valence-corrected chi connectivity index (χ2v) is 7.17. The highest BCUT2D eigenvalue weighted by Gasteiger charge is 2.12. The molecule has 4 nitrogen and oxygen atoms in total. The van der Waals surface area contributed by atoms with Gasteiger partial charge in [-0.1, -0.05) is 35.3 Å². The van der Waals surface area contributed by atoms with Crippen LogP contribution in [0.25, 0.3) is 10.9 Å². The number of hydrogen-bond donors (Lipinski definition) is 0. The largest absolute Gasteiger partial charge is 0.438 e. The summed E-state index contributed by atoms with van der Waals surface area (Å²) < 4.78 is 11.9. The van der Waals surface area contributed by atoms with Crippen LogP contribution in [0.1, 0.15) is 11.1 Å². The van der Waals surface area contributed by atoms with E-state index < -0.39 is 0 Å². The molecule has 4 rings (SSSR count). The van der Waals surface area contributed by atoms with Crippen molar-refractivity contribution < 1.29 is 9.47 Å². The van der Waals surface area contributed by atoms with E-state index in [-0.39, 0.29) is 6.01 Å². The molecule has 0 saturated carbocycles. The average Bonchev–Trinajstić information content (AvgIpc) is 2.68. The van der Waals surface area contributed by atoms with Crippen molar-refractivity contribution in [1.29, 1.82) is 0 Å². The Morgan fingerprint density at radius 2 is 1.32 bits per heavy atom. The first-order valence-corrected chi connectivity index (χ1v) is 9.40. The van der Waals surface area contributed by atoms with E-state index in [4.69, 9.17) is 32.7 Å². The van der Waals surface area contributed by atoms with E-state index in [9.17, 15) is 0 Å². The third-order valence-electron chi connectivity index (χ3n) is 4.23. The smallest absolute Gasteiger partial charge is 0.325 e. The van der Waals surface area contributed by atoms with Gasteiger partial charge in [0.05, 0.1) is 10.9 Å². The minimum atomic E-state index is 0.195. The molecular formula is C22H16Cl2N2O2. The van der Waals surface area contributed by atoms with E-state index in [1.165, 1.54) is 0 Å². The average molecular weight is 411 g/mol. The second-order valence-electron chi connectivity index (χ2n) is 6.35. The monoisotopic (exact) mass is 410 g/mol. The normalized spacial score (nSPS) is 10.9. The lowest BCUT2D eigenvalue weighted by atomic mass is 10.2. The topological polar surface area (TPSA) is 44.2 Å². The second kappa shape index (κ2) is 7.66. The van der Waals surface area contributed by atoms with Crippen LogP contribution < -0.4 is 9.47 Å². The minimum absolute atomic E-state index is 0.195. The first kappa shape index (κ1) is 18.5. The van der Waals surface area contributed by atoms with E-state index in [2.05, 4.69) is 9.97 Å². The van der Waals surface area contributed by atoms with Gasteiger partial charge in [-0.2, -0.15) is 9.97 Å². The highest BCUT2D eigenvalue weighted by molar-refractivity contribution is 6.31. The molecule has 3 aromatic carbocycles. The van der Waals surface area contributed by atoms with Crippen LogP contribution in [0.15, 0.2) is 60.7 Å². The molecule has 1 heterocycles. The first-order chi connectivity index (χ1) is 13.5. The summed E-state index contributed by atoms with van der Waals surface area (Å²) >= 11 is 12.2.